The largest absolute Gasteiger partial charge is 0.360 e. The molecule has 0 atom stereocenters. The van der Waals surface area contributed by atoms with E-state index in [0.29, 0.717) is 5.92 Å². The molecular formula is C11H20N2. The smallest absolute Gasteiger partial charge is 0.0989 e. The molecule has 0 aromatic carbocycles. The first-order valence-electron chi connectivity index (χ1n) is 5.60. The van der Waals surface area contributed by atoms with Crippen molar-refractivity contribution in [3.63, 3.8) is 0 Å². The van der Waals surface area contributed by atoms with Gasteiger partial charge in [-0.05, 0) is 25.7 Å². The molecule has 2 heteroatoms. The summed E-state index contributed by atoms with van der Waals surface area (Å²) < 4.78 is 0. The van der Waals surface area contributed by atoms with E-state index < -0.39 is 0 Å². The predicted octanol–water partition coefficient (Wildman–Crippen LogP) is 2.64. The lowest BCUT2D eigenvalue weighted by molar-refractivity contribution is 0.381. The highest BCUT2D eigenvalue weighted by molar-refractivity contribution is 5.82. The first-order chi connectivity index (χ1) is 6.29. The summed E-state index contributed by atoms with van der Waals surface area (Å²) >= 11 is 0. The summed E-state index contributed by atoms with van der Waals surface area (Å²) in [5.74, 6) is 1.50. The Labute approximate surface area is 80.8 Å². The van der Waals surface area contributed by atoms with Gasteiger partial charge in [0, 0.05) is 19.0 Å². The zero-order valence-corrected chi connectivity index (χ0v) is 8.55. The molecule has 0 aromatic heterocycles. The molecule has 0 unspecified atom stereocenters. The average Bonchev–Trinajstić information content (AvgIpc) is 3.00. The maximum absolute atomic E-state index is 8.09. The molecule has 1 N–H and O–H groups in total. The molecule has 0 aromatic rings. The third-order valence-electron chi connectivity index (χ3n) is 3.47. The number of rotatable bonds is 2. The first kappa shape index (κ1) is 9.04. The minimum atomic E-state index is 0.583. The summed E-state index contributed by atoms with van der Waals surface area (Å²) in [5.41, 5.74) is 0. The zero-order chi connectivity index (χ0) is 9.26. The third kappa shape index (κ3) is 2.04. The van der Waals surface area contributed by atoms with Crippen LogP contribution in [0.5, 0.6) is 0 Å². The summed E-state index contributed by atoms with van der Waals surface area (Å²) in [6, 6.07) is 0.717. The van der Waals surface area contributed by atoms with Crippen molar-refractivity contribution >= 4 is 5.84 Å². The topological polar surface area (TPSA) is 27.1 Å². The van der Waals surface area contributed by atoms with Crippen LogP contribution in [0.15, 0.2) is 0 Å². The van der Waals surface area contributed by atoms with E-state index in [4.69, 9.17) is 5.41 Å². The number of nitrogens with one attached hydrogen (secondary N) is 1. The summed E-state index contributed by atoms with van der Waals surface area (Å²) in [4.78, 5) is 2.22. The lowest BCUT2D eigenvalue weighted by Crippen LogP contribution is -2.34. The quantitative estimate of drug-likeness (QED) is 0.513. The normalized spacial score (nSPS) is 24.4. The van der Waals surface area contributed by atoms with E-state index in [1.54, 1.807) is 0 Å². The van der Waals surface area contributed by atoms with Gasteiger partial charge in [-0.15, -0.1) is 0 Å². The van der Waals surface area contributed by atoms with E-state index in [1.165, 1.54) is 44.9 Å². The van der Waals surface area contributed by atoms with Gasteiger partial charge >= 0.3 is 0 Å². The van der Waals surface area contributed by atoms with E-state index in [-0.39, 0.29) is 0 Å². The molecule has 2 aliphatic rings. The van der Waals surface area contributed by atoms with Crippen LogP contribution in [0.1, 0.15) is 44.9 Å². The number of nitrogens with zero attached hydrogens (tertiary/aromatic N) is 1. The molecule has 2 nitrogen and oxygen atoms in total. The SMILES string of the molecule is CN(C(=N)C1CCCCC1)C1CC1. The van der Waals surface area contributed by atoms with Crippen LogP contribution in [-0.2, 0) is 0 Å². The van der Waals surface area contributed by atoms with Crippen molar-refractivity contribution in [2.75, 3.05) is 7.05 Å². The lowest BCUT2D eigenvalue weighted by Gasteiger charge is -2.29. The Balaban J connectivity index is 1.86. The maximum atomic E-state index is 8.09. The molecule has 2 fully saturated rings. The van der Waals surface area contributed by atoms with Crippen LogP contribution in [0, 0.1) is 11.3 Å². The summed E-state index contributed by atoms with van der Waals surface area (Å²) in [6.45, 7) is 0. The Kier molecular flexibility index (Phi) is 2.56. The van der Waals surface area contributed by atoms with Crippen molar-refractivity contribution in [2.45, 2.75) is 51.0 Å². The molecule has 0 aliphatic heterocycles. The molecule has 0 radical (unpaired) electrons. The second-order valence-electron chi connectivity index (χ2n) is 4.56. The third-order valence-corrected chi connectivity index (χ3v) is 3.47. The van der Waals surface area contributed by atoms with E-state index >= 15 is 0 Å². The summed E-state index contributed by atoms with van der Waals surface area (Å²) in [7, 11) is 2.11. The van der Waals surface area contributed by atoms with Gasteiger partial charge in [0.15, 0.2) is 0 Å². The minimum absolute atomic E-state index is 0.583. The van der Waals surface area contributed by atoms with Crippen molar-refractivity contribution in [1.29, 1.82) is 5.41 Å². The van der Waals surface area contributed by atoms with E-state index in [2.05, 4.69) is 11.9 Å². The zero-order valence-electron chi connectivity index (χ0n) is 8.55. The van der Waals surface area contributed by atoms with E-state index in [1.807, 2.05) is 0 Å². The molecule has 0 bridgehead atoms. The van der Waals surface area contributed by atoms with Crippen molar-refractivity contribution in [3.8, 4) is 0 Å². The van der Waals surface area contributed by atoms with Gasteiger partial charge in [-0.2, -0.15) is 0 Å². The molecule has 74 valence electrons. The standard InChI is InChI=1S/C11H20N2/c1-13(10-7-8-10)11(12)9-5-3-2-4-6-9/h9-10,12H,2-8H2,1H3. The van der Waals surface area contributed by atoms with Gasteiger partial charge in [-0.1, -0.05) is 19.3 Å². The van der Waals surface area contributed by atoms with Gasteiger partial charge in [-0.3, -0.25) is 5.41 Å². The molecule has 0 heterocycles. The van der Waals surface area contributed by atoms with Gasteiger partial charge in [0.05, 0.1) is 5.84 Å². The highest BCUT2D eigenvalue weighted by Gasteiger charge is 2.31. The highest BCUT2D eigenvalue weighted by Crippen LogP contribution is 2.31. The van der Waals surface area contributed by atoms with Gasteiger partial charge in [0.25, 0.3) is 0 Å². The molecule has 0 amide bonds. The molecule has 2 saturated carbocycles. The number of hydrogen-bond donors (Lipinski definition) is 1. The summed E-state index contributed by atoms with van der Waals surface area (Å²) in [6.07, 6.45) is 9.21. The van der Waals surface area contributed by atoms with E-state index in [9.17, 15) is 0 Å². The first-order valence-corrected chi connectivity index (χ1v) is 5.60. The molecule has 0 spiro atoms. The predicted molar refractivity (Wildman–Crippen MR) is 55.1 cm³/mol. The van der Waals surface area contributed by atoms with Gasteiger partial charge in [0.2, 0.25) is 0 Å². The molecule has 0 saturated heterocycles. The number of hydrogen-bond acceptors (Lipinski definition) is 1. The van der Waals surface area contributed by atoms with Crippen molar-refractivity contribution in [2.24, 2.45) is 5.92 Å². The fourth-order valence-corrected chi connectivity index (χ4v) is 2.32. The van der Waals surface area contributed by atoms with Crippen molar-refractivity contribution < 1.29 is 0 Å². The monoisotopic (exact) mass is 180 g/mol. The van der Waals surface area contributed by atoms with Crippen LogP contribution in [0.25, 0.3) is 0 Å². The Morgan fingerprint density at radius 3 is 2.23 bits per heavy atom. The molecule has 13 heavy (non-hydrogen) atoms. The van der Waals surface area contributed by atoms with Crippen LogP contribution < -0.4 is 0 Å². The van der Waals surface area contributed by atoms with Gasteiger partial charge in [0.1, 0.15) is 0 Å². The highest BCUT2D eigenvalue weighted by atomic mass is 15.2. The Hall–Kier alpha value is -0.530. The molecule has 2 aliphatic carbocycles. The minimum Gasteiger partial charge on any atom is -0.360 e. The second-order valence-corrected chi connectivity index (χ2v) is 4.56. The fourth-order valence-electron chi connectivity index (χ4n) is 2.32. The van der Waals surface area contributed by atoms with Crippen LogP contribution in [0.2, 0.25) is 0 Å². The second kappa shape index (κ2) is 3.69. The van der Waals surface area contributed by atoms with Crippen LogP contribution in [-0.4, -0.2) is 23.8 Å². The Morgan fingerprint density at radius 1 is 1.08 bits per heavy atom. The van der Waals surface area contributed by atoms with E-state index in [0.717, 1.165) is 11.9 Å². The van der Waals surface area contributed by atoms with Gasteiger partial charge in [-0.25, -0.2) is 0 Å². The van der Waals surface area contributed by atoms with Crippen molar-refractivity contribution in [3.05, 3.63) is 0 Å². The van der Waals surface area contributed by atoms with Crippen LogP contribution in [0.4, 0.5) is 0 Å². The average molecular weight is 180 g/mol. The lowest BCUT2D eigenvalue weighted by atomic mass is 9.88. The Bertz CT molecular complexity index is 190. The maximum Gasteiger partial charge on any atom is 0.0989 e. The van der Waals surface area contributed by atoms with Gasteiger partial charge < -0.3 is 4.90 Å². The number of amidine groups is 1. The fraction of sp³-hybridized carbons (Fsp3) is 0.909. The summed E-state index contributed by atoms with van der Waals surface area (Å²) in [5, 5.41) is 8.09. The van der Waals surface area contributed by atoms with Crippen molar-refractivity contribution in [1.82, 2.24) is 4.90 Å². The Morgan fingerprint density at radius 2 is 1.69 bits per heavy atom. The molecular weight excluding hydrogens is 160 g/mol. The molecule has 2 rings (SSSR count). The van der Waals surface area contributed by atoms with Crippen LogP contribution >= 0.6 is 0 Å². The van der Waals surface area contributed by atoms with Crippen LogP contribution in [0.3, 0.4) is 0 Å².